The van der Waals surface area contributed by atoms with Crippen LogP contribution in [-0.4, -0.2) is 16.3 Å². The van der Waals surface area contributed by atoms with Crippen LogP contribution in [0.1, 0.15) is 24.2 Å². The number of hydrogen-bond acceptors (Lipinski definition) is 3. The van der Waals surface area contributed by atoms with Crippen molar-refractivity contribution in [1.82, 2.24) is 9.97 Å². The van der Waals surface area contributed by atoms with Gasteiger partial charge in [0, 0.05) is 12.4 Å². The molecule has 1 heterocycles. The molecular formula is C8H10N2O. The molecule has 0 bridgehead atoms. The van der Waals surface area contributed by atoms with E-state index < -0.39 is 0 Å². The lowest BCUT2D eigenvalue weighted by Gasteiger charge is -2.00. The van der Waals surface area contributed by atoms with E-state index in [1.807, 2.05) is 6.92 Å². The van der Waals surface area contributed by atoms with E-state index >= 15 is 0 Å². The maximum Gasteiger partial charge on any atom is 0.128 e. The summed E-state index contributed by atoms with van der Waals surface area (Å²) < 4.78 is 0. The Labute approximate surface area is 65.5 Å². The molecule has 0 aromatic carbocycles. The number of hydrogen-bond donors (Lipinski definition) is 0. The van der Waals surface area contributed by atoms with Crippen LogP contribution < -0.4 is 0 Å². The maximum absolute atomic E-state index is 10.3. The van der Waals surface area contributed by atoms with Gasteiger partial charge in [0.25, 0.3) is 0 Å². The standard InChI is InChI=1S/C8H10N2O/c1-6(5-11)8-4-9-7(2)3-10-8/h3-6H,1-2H3. The zero-order chi connectivity index (χ0) is 8.27. The Kier molecular flexibility index (Phi) is 2.31. The predicted molar refractivity (Wildman–Crippen MR) is 41.2 cm³/mol. The Hall–Kier alpha value is -1.25. The zero-order valence-corrected chi connectivity index (χ0v) is 6.61. The summed E-state index contributed by atoms with van der Waals surface area (Å²) in [6.07, 6.45) is 4.16. The average Bonchev–Trinajstić information content (AvgIpc) is 2.05. The second-order valence-electron chi connectivity index (χ2n) is 2.51. The van der Waals surface area contributed by atoms with Crippen molar-refractivity contribution in [3.63, 3.8) is 0 Å². The van der Waals surface area contributed by atoms with Gasteiger partial charge < -0.3 is 4.79 Å². The van der Waals surface area contributed by atoms with Crippen molar-refractivity contribution in [3.8, 4) is 0 Å². The molecule has 0 aliphatic carbocycles. The number of rotatable bonds is 2. The van der Waals surface area contributed by atoms with E-state index in [1.165, 1.54) is 0 Å². The number of aromatic nitrogens is 2. The Balaban J connectivity index is 2.89. The molecule has 1 aromatic rings. The minimum Gasteiger partial charge on any atom is -0.303 e. The molecule has 0 amide bonds. The first-order chi connectivity index (χ1) is 5.24. The van der Waals surface area contributed by atoms with Crippen molar-refractivity contribution in [2.75, 3.05) is 0 Å². The molecule has 0 N–H and O–H groups in total. The SMILES string of the molecule is Cc1cnc(C(C)C=O)cn1. The molecule has 3 nitrogen and oxygen atoms in total. The van der Waals surface area contributed by atoms with Crippen LogP contribution in [-0.2, 0) is 4.79 Å². The molecule has 58 valence electrons. The van der Waals surface area contributed by atoms with E-state index in [0.717, 1.165) is 17.7 Å². The molecule has 3 heteroatoms. The zero-order valence-electron chi connectivity index (χ0n) is 6.61. The third-order valence-corrected chi connectivity index (χ3v) is 1.47. The first-order valence-corrected chi connectivity index (χ1v) is 3.48. The first-order valence-electron chi connectivity index (χ1n) is 3.48. The average molecular weight is 150 g/mol. The Morgan fingerprint density at radius 1 is 1.45 bits per heavy atom. The van der Waals surface area contributed by atoms with Gasteiger partial charge in [-0.3, -0.25) is 9.97 Å². The Morgan fingerprint density at radius 2 is 2.18 bits per heavy atom. The van der Waals surface area contributed by atoms with Crippen molar-refractivity contribution in [1.29, 1.82) is 0 Å². The minimum absolute atomic E-state index is 0.150. The molecule has 0 saturated carbocycles. The predicted octanol–water partition coefficient (Wildman–Crippen LogP) is 1.09. The second-order valence-corrected chi connectivity index (χ2v) is 2.51. The molecule has 0 saturated heterocycles. The topological polar surface area (TPSA) is 42.9 Å². The van der Waals surface area contributed by atoms with Crippen LogP contribution in [0.4, 0.5) is 0 Å². The quantitative estimate of drug-likeness (QED) is 0.592. The van der Waals surface area contributed by atoms with Gasteiger partial charge in [-0.05, 0) is 6.92 Å². The number of carbonyl (C=O) groups excluding carboxylic acids is 1. The lowest BCUT2D eigenvalue weighted by atomic mass is 10.1. The van der Waals surface area contributed by atoms with Gasteiger partial charge >= 0.3 is 0 Å². The van der Waals surface area contributed by atoms with Crippen LogP contribution in [0.15, 0.2) is 12.4 Å². The number of aryl methyl sites for hydroxylation is 1. The summed E-state index contributed by atoms with van der Waals surface area (Å²) in [6, 6.07) is 0. The van der Waals surface area contributed by atoms with Crippen LogP contribution in [0.2, 0.25) is 0 Å². The van der Waals surface area contributed by atoms with E-state index in [1.54, 1.807) is 19.3 Å². The lowest BCUT2D eigenvalue weighted by molar-refractivity contribution is -0.108. The monoisotopic (exact) mass is 150 g/mol. The molecular weight excluding hydrogens is 140 g/mol. The van der Waals surface area contributed by atoms with E-state index in [-0.39, 0.29) is 5.92 Å². The van der Waals surface area contributed by atoms with E-state index in [0.29, 0.717) is 0 Å². The molecule has 1 aromatic heterocycles. The Bertz CT molecular complexity index is 243. The molecule has 11 heavy (non-hydrogen) atoms. The van der Waals surface area contributed by atoms with Gasteiger partial charge in [-0.2, -0.15) is 0 Å². The van der Waals surface area contributed by atoms with Gasteiger partial charge in [-0.15, -0.1) is 0 Å². The Morgan fingerprint density at radius 3 is 2.64 bits per heavy atom. The molecule has 1 unspecified atom stereocenters. The summed E-state index contributed by atoms with van der Waals surface area (Å²) in [5, 5.41) is 0. The summed E-state index contributed by atoms with van der Waals surface area (Å²) in [5.41, 5.74) is 1.59. The fourth-order valence-electron chi connectivity index (χ4n) is 0.707. The maximum atomic E-state index is 10.3. The molecule has 0 radical (unpaired) electrons. The smallest absolute Gasteiger partial charge is 0.128 e. The van der Waals surface area contributed by atoms with Gasteiger partial charge in [0.05, 0.1) is 17.3 Å². The van der Waals surface area contributed by atoms with Crippen LogP contribution in [0.3, 0.4) is 0 Å². The van der Waals surface area contributed by atoms with Gasteiger partial charge in [-0.25, -0.2) is 0 Å². The summed E-state index contributed by atoms with van der Waals surface area (Å²) in [4.78, 5) is 18.4. The fraction of sp³-hybridized carbons (Fsp3) is 0.375. The molecule has 0 fully saturated rings. The van der Waals surface area contributed by atoms with Crippen LogP contribution >= 0.6 is 0 Å². The lowest BCUT2D eigenvalue weighted by Crippen LogP contribution is -1.99. The number of nitrogens with zero attached hydrogens (tertiary/aromatic N) is 2. The highest BCUT2D eigenvalue weighted by Gasteiger charge is 2.03. The largest absolute Gasteiger partial charge is 0.303 e. The van der Waals surface area contributed by atoms with Crippen molar-refractivity contribution < 1.29 is 4.79 Å². The van der Waals surface area contributed by atoms with Crippen molar-refractivity contribution in [3.05, 3.63) is 23.8 Å². The van der Waals surface area contributed by atoms with Crippen molar-refractivity contribution >= 4 is 6.29 Å². The third kappa shape index (κ3) is 1.83. The minimum atomic E-state index is -0.150. The van der Waals surface area contributed by atoms with Gasteiger partial charge in [-0.1, -0.05) is 6.92 Å². The van der Waals surface area contributed by atoms with Crippen molar-refractivity contribution in [2.24, 2.45) is 0 Å². The summed E-state index contributed by atoms with van der Waals surface area (Å²) in [6.45, 7) is 3.66. The van der Waals surface area contributed by atoms with Crippen LogP contribution in [0.25, 0.3) is 0 Å². The molecule has 0 aliphatic rings. The van der Waals surface area contributed by atoms with Gasteiger partial charge in [0.1, 0.15) is 6.29 Å². The molecule has 0 spiro atoms. The fourth-order valence-corrected chi connectivity index (χ4v) is 0.707. The number of aldehydes is 1. The highest BCUT2D eigenvalue weighted by Crippen LogP contribution is 2.06. The highest BCUT2D eigenvalue weighted by atomic mass is 16.1. The summed E-state index contributed by atoms with van der Waals surface area (Å²) in [5.74, 6) is -0.150. The molecule has 0 aliphatic heterocycles. The molecule has 1 rings (SSSR count). The second kappa shape index (κ2) is 3.23. The van der Waals surface area contributed by atoms with Gasteiger partial charge in [0.2, 0.25) is 0 Å². The van der Waals surface area contributed by atoms with Crippen LogP contribution in [0, 0.1) is 6.92 Å². The van der Waals surface area contributed by atoms with E-state index in [4.69, 9.17) is 0 Å². The normalized spacial score (nSPS) is 12.5. The van der Waals surface area contributed by atoms with Crippen molar-refractivity contribution in [2.45, 2.75) is 19.8 Å². The van der Waals surface area contributed by atoms with E-state index in [9.17, 15) is 4.79 Å². The third-order valence-electron chi connectivity index (χ3n) is 1.47. The number of carbonyl (C=O) groups is 1. The van der Waals surface area contributed by atoms with Crippen LogP contribution in [0.5, 0.6) is 0 Å². The van der Waals surface area contributed by atoms with Gasteiger partial charge in [0.15, 0.2) is 0 Å². The summed E-state index contributed by atoms with van der Waals surface area (Å²) in [7, 11) is 0. The molecule has 1 atom stereocenters. The highest BCUT2D eigenvalue weighted by molar-refractivity contribution is 5.59. The summed E-state index contributed by atoms with van der Waals surface area (Å²) >= 11 is 0. The van der Waals surface area contributed by atoms with E-state index in [2.05, 4.69) is 9.97 Å². The first kappa shape index (κ1) is 7.85.